The molecule has 0 aliphatic heterocycles. The maximum Gasteiger partial charge on any atom is 0.238 e. The van der Waals surface area contributed by atoms with Crippen LogP contribution in [-0.4, -0.2) is 45.7 Å². The lowest BCUT2D eigenvalue weighted by Gasteiger charge is -2.24. The van der Waals surface area contributed by atoms with Crippen LogP contribution in [0.1, 0.15) is 19.9 Å². The van der Waals surface area contributed by atoms with Crippen LogP contribution in [0.5, 0.6) is 0 Å². The van der Waals surface area contributed by atoms with E-state index in [4.69, 9.17) is 12.2 Å². The fourth-order valence-corrected chi connectivity index (χ4v) is 1.60. The number of aromatic nitrogens is 4. The monoisotopic (exact) mass is 215 g/mol. The van der Waals surface area contributed by atoms with Gasteiger partial charge in [-0.2, -0.15) is 5.21 Å². The summed E-state index contributed by atoms with van der Waals surface area (Å²) >= 11 is 5.07. The molecule has 1 heterocycles. The van der Waals surface area contributed by atoms with Gasteiger partial charge in [-0.15, -0.1) is 0 Å². The molecule has 0 spiro atoms. The normalized spacial score (nSPS) is 13.9. The first-order valence-electron chi connectivity index (χ1n) is 4.66. The molecule has 80 valence electrons. The molecule has 1 atom stereocenters. The molecule has 1 unspecified atom stereocenters. The molecule has 1 rings (SSSR count). The van der Waals surface area contributed by atoms with Crippen molar-refractivity contribution in [3.8, 4) is 0 Å². The maximum atomic E-state index is 5.07. The molecule has 0 amide bonds. The Morgan fingerprint density at radius 2 is 2.14 bits per heavy atom. The average Bonchev–Trinajstić information content (AvgIpc) is 2.46. The summed E-state index contributed by atoms with van der Waals surface area (Å²) in [5.74, 6) is 0.492. The van der Waals surface area contributed by atoms with E-state index in [1.165, 1.54) is 0 Å². The first-order chi connectivity index (χ1) is 6.52. The van der Waals surface area contributed by atoms with E-state index in [2.05, 4.69) is 34.3 Å². The van der Waals surface area contributed by atoms with Gasteiger partial charge < -0.3 is 4.90 Å². The summed E-state index contributed by atoms with van der Waals surface area (Å²) in [6.07, 6.45) is 0. The Bertz CT molecular complexity index is 326. The van der Waals surface area contributed by atoms with E-state index in [0.717, 1.165) is 6.54 Å². The largest absolute Gasteiger partial charge is 0.307 e. The van der Waals surface area contributed by atoms with Crippen molar-refractivity contribution in [1.29, 1.82) is 0 Å². The third-order valence-electron chi connectivity index (χ3n) is 2.15. The second-order valence-electron chi connectivity index (χ2n) is 4.03. The molecule has 0 aliphatic rings. The van der Waals surface area contributed by atoms with Crippen LogP contribution in [0, 0.1) is 10.7 Å². The van der Waals surface area contributed by atoms with E-state index in [0.29, 0.717) is 16.7 Å². The van der Waals surface area contributed by atoms with Crippen molar-refractivity contribution in [3.05, 3.63) is 4.77 Å². The van der Waals surface area contributed by atoms with Crippen molar-refractivity contribution >= 4 is 12.2 Å². The Morgan fingerprint density at radius 1 is 1.50 bits per heavy atom. The summed E-state index contributed by atoms with van der Waals surface area (Å²) in [5.41, 5.74) is 0. The Hall–Kier alpha value is -0.750. The summed E-state index contributed by atoms with van der Waals surface area (Å²) in [7, 11) is 4.09. The Morgan fingerprint density at radius 3 is 2.50 bits per heavy atom. The van der Waals surface area contributed by atoms with Crippen molar-refractivity contribution in [2.75, 3.05) is 20.6 Å². The van der Waals surface area contributed by atoms with Crippen LogP contribution in [0.4, 0.5) is 0 Å². The molecule has 1 N–H and O–H groups in total. The van der Waals surface area contributed by atoms with E-state index < -0.39 is 0 Å². The number of nitrogens with zero attached hydrogens (tertiary/aromatic N) is 4. The summed E-state index contributed by atoms with van der Waals surface area (Å²) in [6, 6.07) is 0.299. The second kappa shape index (κ2) is 4.65. The number of likely N-dealkylation sites (N-methyl/N-ethyl adjacent to an activating group) is 1. The van der Waals surface area contributed by atoms with Crippen LogP contribution < -0.4 is 0 Å². The Balaban J connectivity index is 2.89. The minimum Gasteiger partial charge on any atom is -0.307 e. The van der Waals surface area contributed by atoms with E-state index in [9.17, 15) is 0 Å². The summed E-state index contributed by atoms with van der Waals surface area (Å²) in [5, 5.41) is 10.3. The van der Waals surface area contributed by atoms with Crippen molar-refractivity contribution in [2.24, 2.45) is 5.92 Å². The zero-order chi connectivity index (χ0) is 10.7. The van der Waals surface area contributed by atoms with Crippen molar-refractivity contribution in [1.82, 2.24) is 25.1 Å². The smallest absolute Gasteiger partial charge is 0.238 e. The van der Waals surface area contributed by atoms with Crippen LogP contribution in [-0.2, 0) is 0 Å². The van der Waals surface area contributed by atoms with Gasteiger partial charge in [-0.3, -0.25) is 0 Å². The molecular weight excluding hydrogens is 198 g/mol. The number of aromatic amines is 1. The molecule has 1 aromatic rings. The second-order valence-corrected chi connectivity index (χ2v) is 4.39. The number of hydrogen-bond acceptors (Lipinski definition) is 4. The fourth-order valence-electron chi connectivity index (χ4n) is 1.39. The van der Waals surface area contributed by atoms with Crippen molar-refractivity contribution < 1.29 is 0 Å². The topological polar surface area (TPSA) is 49.7 Å². The number of tetrazole rings is 1. The summed E-state index contributed by atoms with van der Waals surface area (Å²) < 4.78 is 2.37. The lowest BCUT2D eigenvalue weighted by Crippen LogP contribution is -2.29. The van der Waals surface area contributed by atoms with Gasteiger partial charge in [0.1, 0.15) is 0 Å². The SMILES string of the molecule is CC(C)C(CN(C)C)n1[nH]nnc1=S. The highest BCUT2D eigenvalue weighted by Crippen LogP contribution is 2.16. The molecule has 0 aromatic carbocycles. The Kier molecular flexibility index (Phi) is 3.77. The van der Waals surface area contributed by atoms with Gasteiger partial charge in [0.25, 0.3) is 0 Å². The van der Waals surface area contributed by atoms with Crippen LogP contribution in [0.15, 0.2) is 0 Å². The highest BCUT2D eigenvalue weighted by atomic mass is 32.1. The van der Waals surface area contributed by atoms with Gasteiger partial charge in [-0.05, 0) is 32.2 Å². The van der Waals surface area contributed by atoms with E-state index in [1.807, 2.05) is 18.8 Å². The van der Waals surface area contributed by atoms with E-state index in [-0.39, 0.29) is 0 Å². The van der Waals surface area contributed by atoms with Crippen molar-refractivity contribution in [2.45, 2.75) is 19.9 Å². The first-order valence-corrected chi connectivity index (χ1v) is 5.07. The van der Waals surface area contributed by atoms with Crippen LogP contribution in [0.25, 0.3) is 0 Å². The van der Waals surface area contributed by atoms with Crippen LogP contribution in [0.3, 0.4) is 0 Å². The average molecular weight is 215 g/mol. The predicted octanol–water partition coefficient (Wildman–Crippen LogP) is 1.09. The van der Waals surface area contributed by atoms with Gasteiger partial charge in [0, 0.05) is 6.54 Å². The van der Waals surface area contributed by atoms with E-state index >= 15 is 0 Å². The molecule has 0 bridgehead atoms. The molecule has 0 aliphatic carbocycles. The number of nitrogens with one attached hydrogen (secondary N) is 1. The van der Waals surface area contributed by atoms with Gasteiger partial charge in [-0.1, -0.05) is 24.2 Å². The predicted molar refractivity (Wildman–Crippen MR) is 57.6 cm³/mol. The van der Waals surface area contributed by atoms with Gasteiger partial charge >= 0.3 is 0 Å². The quantitative estimate of drug-likeness (QED) is 0.764. The van der Waals surface area contributed by atoms with Gasteiger partial charge in [0.15, 0.2) is 0 Å². The molecule has 6 heteroatoms. The molecule has 1 aromatic heterocycles. The van der Waals surface area contributed by atoms with Crippen molar-refractivity contribution in [3.63, 3.8) is 0 Å². The van der Waals surface area contributed by atoms with Gasteiger partial charge in [0.2, 0.25) is 4.77 Å². The summed E-state index contributed by atoms with van der Waals surface area (Å²) in [4.78, 5) is 2.13. The molecular formula is C8H17N5S. The fraction of sp³-hybridized carbons (Fsp3) is 0.875. The third-order valence-corrected chi connectivity index (χ3v) is 2.43. The zero-order valence-electron chi connectivity index (χ0n) is 9.06. The third kappa shape index (κ3) is 2.62. The van der Waals surface area contributed by atoms with Gasteiger partial charge in [-0.25, -0.2) is 4.68 Å². The number of hydrogen-bond donors (Lipinski definition) is 1. The maximum absolute atomic E-state index is 5.07. The van der Waals surface area contributed by atoms with Crippen LogP contribution >= 0.6 is 12.2 Å². The number of H-pyrrole nitrogens is 1. The highest BCUT2D eigenvalue weighted by molar-refractivity contribution is 7.71. The molecule has 14 heavy (non-hydrogen) atoms. The molecule has 0 fully saturated rings. The standard InChI is InChI=1S/C8H17N5S/c1-6(2)7(5-12(3)4)13-8(14)9-10-11-13/h6-7H,5H2,1-4H3,(H,9,11,14). The lowest BCUT2D eigenvalue weighted by molar-refractivity contribution is 0.248. The molecule has 0 saturated heterocycles. The van der Waals surface area contributed by atoms with E-state index in [1.54, 1.807) is 0 Å². The molecule has 0 saturated carbocycles. The van der Waals surface area contributed by atoms with Gasteiger partial charge in [0.05, 0.1) is 6.04 Å². The summed E-state index contributed by atoms with van der Waals surface area (Å²) in [6.45, 7) is 5.25. The highest BCUT2D eigenvalue weighted by Gasteiger charge is 2.17. The van der Waals surface area contributed by atoms with Crippen LogP contribution in [0.2, 0.25) is 0 Å². The minimum atomic E-state index is 0.299. The zero-order valence-corrected chi connectivity index (χ0v) is 9.88. The lowest BCUT2D eigenvalue weighted by atomic mass is 10.0. The number of rotatable bonds is 4. The Labute approximate surface area is 89.1 Å². The molecule has 0 radical (unpaired) electrons. The first kappa shape index (κ1) is 11.3. The minimum absolute atomic E-state index is 0.299. The molecule has 5 nitrogen and oxygen atoms in total.